The van der Waals surface area contributed by atoms with Gasteiger partial charge in [-0.2, -0.15) is 0 Å². The van der Waals surface area contributed by atoms with Crippen LogP contribution in [0.15, 0.2) is 18.2 Å². The predicted molar refractivity (Wildman–Crippen MR) is 81.0 cm³/mol. The van der Waals surface area contributed by atoms with Gasteiger partial charge < -0.3 is 15.2 Å². The fraction of sp³-hybridized carbons (Fsp3) is 0.500. The molecule has 0 amide bonds. The average molecular weight is 293 g/mol. The molecule has 1 aromatic carbocycles. The number of ketones is 1. The van der Waals surface area contributed by atoms with Gasteiger partial charge in [0.15, 0.2) is 5.78 Å². The molecule has 21 heavy (non-hydrogen) atoms. The van der Waals surface area contributed by atoms with E-state index in [9.17, 15) is 9.59 Å². The van der Waals surface area contributed by atoms with E-state index in [2.05, 4.69) is 5.32 Å². The quantitative estimate of drug-likeness (QED) is 0.684. The second-order valence-electron chi connectivity index (χ2n) is 5.01. The largest absolute Gasteiger partial charge is 0.496 e. The van der Waals surface area contributed by atoms with Crippen LogP contribution >= 0.6 is 0 Å². The van der Waals surface area contributed by atoms with E-state index >= 15 is 0 Å². The van der Waals surface area contributed by atoms with Crippen LogP contribution in [0.2, 0.25) is 0 Å². The van der Waals surface area contributed by atoms with Crippen molar-refractivity contribution >= 4 is 11.8 Å². The van der Waals surface area contributed by atoms with Gasteiger partial charge in [0.2, 0.25) is 0 Å². The summed E-state index contributed by atoms with van der Waals surface area (Å²) in [5.41, 5.74) is 1.46. The maximum Gasteiger partial charge on any atom is 0.303 e. The molecule has 1 unspecified atom stereocenters. The molecular weight excluding hydrogens is 270 g/mol. The Labute approximate surface area is 125 Å². The molecule has 0 saturated carbocycles. The number of carbonyl (C=O) groups excluding carboxylic acids is 1. The molecule has 5 nitrogen and oxygen atoms in total. The molecule has 1 aromatic rings. The van der Waals surface area contributed by atoms with Crippen molar-refractivity contribution in [3.63, 3.8) is 0 Å². The summed E-state index contributed by atoms with van der Waals surface area (Å²) < 4.78 is 5.24. The standard InChI is InChI=1S/C16H23NO4/c1-4-9-17-13(6-8-15(18)19)16(20)12-10-11(2)5-7-14(12)21-3/h5,7,10,13,17H,4,6,8-9H2,1-3H3,(H,18,19). The average Bonchev–Trinajstić information content (AvgIpc) is 2.46. The van der Waals surface area contributed by atoms with Gasteiger partial charge in [-0.15, -0.1) is 0 Å². The van der Waals surface area contributed by atoms with Gasteiger partial charge in [0.05, 0.1) is 18.7 Å². The summed E-state index contributed by atoms with van der Waals surface area (Å²) in [7, 11) is 1.52. The number of ether oxygens (including phenoxy) is 1. The summed E-state index contributed by atoms with van der Waals surface area (Å²) in [6, 6.07) is 4.91. The van der Waals surface area contributed by atoms with Crippen molar-refractivity contribution in [2.75, 3.05) is 13.7 Å². The van der Waals surface area contributed by atoms with E-state index < -0.39 is 12.0 Å². The van der Waals surface area contributed by atoms with Crippen molar-refractivity contribution in [3.05, 3.63) is 29.3 Å². The van der Waals surface area contributed by atoms with Gasteiger partial charge in [-0.1, -0.05) is 18.6 Å². The molecule has 0 aromatic heterocycles. The molecule has 0 saturated heterocycles. The Bertz CT molecular complexity index is 499. The fourth-order valence-corrected chi connectivity index (χ4v) is 2.11. The molecule has 5 heteroatoms. The van der Waals surface area contributed by atoms with Crippen molar-refractivity contribution in [1.29, 1.82) is 0 Å². The fourth-order valence-electron chi connectivity index (χ4n) is 2.11. The highest BCUT2D eigenvalue weighted by Crippen LogP contribution is 2.22. The number of rotatable bonds is 9. The van der Waals surface area contributed by atoms with Crippen LogP contribution in [0.1, 0.15) is 42.1 Å². The summed E-state index contributed by atoms with van der Waals surface area (Å²) in [6.07, 6.45) is 1.11. The molecule has 0 spiro atoms. The summed E-state index contributed by atoms with van der Waals surface area (Å²) in [4.78, 5) is 23.4. The first kappa shape index (κ1) is 17.2. The Balaban J connectivity index is 2.97. The number of carboxylic acid groups (broad SMARTS) is 1. The number of carbonyl (C=O) groups is 2. The second kappa shape index (κ2) is 8.42. The molecule has 1 atom stereocenters. The van der Waals surface area contributed by atoms with Crippen LogP contribution in [-0.2, 0) is 4.79 Å². The Morgan fingerprint density at radius 1 is 1.38 bits per heavy atom. The first-order valence-corrected chi connectivity index (χ1v) is 7.13. The zero-order valence-electron chi connectivity index (χ0n) is 12.8. The van der Waals surface area contributed by atoms with Gasteiger partial charge in [-0.25, -0.2) is 0 Å². The van der Waals surface area contributed by atoms with Gasteiger partial charge in [0.1, 0.15) is 5.75 Å². The molecule has 0 fully saturated rings. The smallest absolute Gasteiger partial charge is 0.303 e. The minimum absolute atomic E-state index is 0.0404. The Morgan fingerprint density at radius 2 is 2.10 bits per heavy atom. The van der Waals surface area contributed by atoms with E-state index in [1.165, 1.54) is 7.11 Å². The predicted octanol–water partition coefficient (Wildman–Crippen LogP) is 2.42. The number of benzene rings is 1. The highest BCUT2D eigenvalue weighted by atomic mass is 16.5. The van der Waals surface area contributed by atoms with Gasteiger partial charge in [0, 0.05) is 6.42 Å². The maximum atomic E-state index is 12.7. The summed E-state index contributed by atoms with van der Waals surface area (Å²) in [5, 5.41) is 11.9. The molecule has 0 radical (unpaired) electrons. The maximum absolute atomic E-state index is 12.7. The van der Waals surface area contributed by atoms with E-state index in [4.69, 9.17) is 9.84 Å². The Hall–Kier alpha value is -1.88. The Morgan fingerprint density at radius 3 is 2.67 bits per heavy atom. The number of aliphatic carboxylic acids is 1. The Kier molecular flexibility index (Phi) is 6.88. The number of Topliss-reactive ketones (excluding diaryl/α,β-unsaturated/α-hetero) is 1. The van der Waals surface area contributed by atoms with Crippen LogP contribution in [0, 0.1) is 6.92 Å². The summed E-state index contributed by atoms with van der Waals surface area (Å²) in [6.45, 7) is 4.57. The van der Waals surface area contributed by atoms with E-state index in [1.54, 1.807) is 12.1 Å². The molecular formula is C16H23NO4. The normalized spacial score (nSPS) is 12.0. The molecule has 1 rings (SSSR count). The lowest BCUT2D eigenvalue weighted by atomic mass is 9.97. The molecule has 2 N–H and O–H groups in total. The first-order valence-electron chi connectivity index (χ1n) is 7.13. The van der Waals surface area contributed by atoms with E-state index in [0.29, 0.717) is 17.9 Å². The third-order valence-corrected chi connectivity index (χ3v) is 3.22. The highest BCUT2D eigenvalue weighted by Gasteiger charge is 2.23. The van der Waals surface area contributed by atoms with E-state index in [0.717, 1.165) is 12.0 Å². The van der Waals surface area contributed by atoms with Crippen molar-refractivity contribution in [2.24, 2.45) is 0 Å². The molecule has 0 aliphatic heterocycles. The van der Waals surface area contributed by atoms with Crippen LogP contribution in [0.3, 0.4) is 0 Å². The van der Waals surface area contributed by atoms with E-state index in [-0.39, 0.29) is 18.6 Å². The van der Waals surface area contributed by atoms with Gasteiger partial charge >= 0.3 is 5.97 Å². The number of nitrogens with one attached hydrogen (secondary N) is 1. The van der Waals surface area contributed by atoms with Crippen molar-refractivity contribution in [1.82, 2.24) is 5.32 Å². The number of aryl methyl sites for hydroxylation is 1. The van der Waals surface area contributed by atoms with Crippen LogP contribution < -0.4 is 10.1 Å². The van der Waals surface area contributed by atoms with Crippen molar-refractivity contribution in [2.45, 2.75) is 39.2 Å². The zero-order chi connectivity index (χ0) is 15.8. The van der Waals surface area contributed by atoms with Gasteiger partial charge in [0.25, 0.3) is 0 Å². The number of hydrogen-bond acceptors (Lipinski definition) is 4. The molecule has 0 aliphatic rings. The van der Waals surface area contributed by atoms with Crippen LogP contribution in [-0.4, -0.2) is 36.6 Å². The number of methoxy groups -OCH3 is 1. The van der Waals surface area contributed by atoms with E-state index in [1.807, 2.05) is 19.9 Å². The summed E-state index contributed by atoms with van der Waals surface area (Å²) >= 11 is 0. The van der Waals surface area contributed by atoms with Gasteiger partial charge in [-0.3, -0.25) is 9.59 Å². The molecule has 0 aliphatic carbocycles. The SMILES string of the molecule is CCCNC(CCC(=O)O)C(=O)c1cc(C)ccc1OC. The molecule has 0 heterocycles. The first-order chi connectivity index (χ1) is 9.99. The zero-order valence-corrected chi connectivity index (χ0v) is 12.8. The molecule has 116 valence electrons. The van der Waals surface area contributed by atoms with Crippen molar-refractivity contribution in [3.8, 4) is 5.75 Å². The van der Waals surface area contributed by atoms with Crippen LogP contribution in [0.25, 0.3) is 0 Å². The number of carboxylic acids is 1. The lowest BCUT2D eigenvalue weighted by Crippen LogP contribution is -2.38. The van der Waals surface area contributed by atoms with Crippen molar-refractivity contribution < 1.29 is 19.4 Å². The lowest BCUT2D eigenvalue weighted by molar-refractivity contribution is -0.137. The highest BCUT2D eigenvalue weighted by molar-refractivity contribution is 6.02. The molecule has 0 bridgehead atoms. The minimum atomic E-state index is -0.901. The monoisotopic (exact) mass is 293 g/mol. The van der Waals surface area contributed by atoms with Gasteiger partial charge in [-0.05, 0) is 38.4 Å². The number of hydrogen-bond donors (Lipinski definition) is 2. The second-order valence-corrected chi connectivity index (χ2v) is 5.01. The third-order valence-electron chi connectivity index (χ3n) is 3.22. The third kappa shape index (κ3) is 5.19. The minimum Gasteiger partial charge on any atom is -0.496 e. The topological polar surface area (TPSA) is 75.6 Å². The van der Waals surface area contributed by atoms with Crippen LogP contribution in [0.5, 0.6) is 5.75 Å². The lowest BCUT2D eigenvalue weighted by Gasteiger charge is -2.18. The summed E-state index contributed by atoms with van der Waals surface area (Å²) in [5.74, 6) is -0.503. The van der Waals surface area contributed by atoms with Crippen LogP contribution in [0.4, 0.5) is 0 Å².